The molecule has 1 heterocycles. The van der Waals surface area contributed by atoms with Gasteiger partial charge in [-0.15, -0.1) is 0 Å². The number of benzene rings is 2. The molecular formula is C45H50N2O9. The number of aliphatic hydroxyl groups excluding tert-OH is 1. The number of fused-ring (bicyclic) bond motifs is 6. The third kappa shape index (κ3) is 7.28. The van der Waals surface area contributed by atoms with Crippen LogP contribution in [0.5, 0.6) is 0 Å². The Morgan fingerprint density at radius 1 is 0.964 bits per heavy atom. The van der Waals surface area contributed by atoms with E-state index in [0.29, 0.717) is 12.0 Å². The molecule has 7 rings (SSSR count). The molecule has 3 fully saturated rings. The predicted molar refractivity (Wildman–Crippen MR) is 207 cm³/mol. The monoisotopic (exact) mass is 762 g/mol. The summed E-state index contributed by atoms with van der Waals surface area (Å²) in [5.74, 6) is -2.64. The van der Waals surface area contributed by atoms with Crippen LogP contribution in [0.2, 0.25) is 0 Å². The summed E-state index contributed by atoms with van der Waals surface area (Å²) in [6.45, 7) is 3.41. The predicted octanol–water partition coefficient (Wildman–Crippen LogP) is 5.03. The van der Waals surface area contributed by atoms with Crippen LogP contribution in [-0.2, 0) is 46.5 Å². The van der Waals surface area contributed by atoms with E-state index in [1.807, 2.05) is 37.3 Å². The summed E-state index contributed by atoms with van der Waals surface area (Å²) in [7, 11) is 0. The molecule has 0 bridgehead atoms. The molecule has 4 aliphatic rings. The Labute approximate surface area is 326 Å². The van der Waals surface area contributed by atoms with Crippen LogP contribution in [0.15, 0.2) is 84.7 Å². The first-order valence-corrected chi connectivity index (χ1v) is 19.6. The van der Waals surface area contributed by atoms with Gasteiger partial charge >= 0.3 is 11.9 Å². The van der Waals surface area contributed by atoms with Gasteiger partial charge in [0.15, 0.2) is 12.4 Å². The molecule has 1 unspecified atom stereocenters. The molecule has 1 aromatic heterocycles. The molecule has 11 heteroatoms. The van der Waals surface area contributed by atoms with Gasteiger partial charge in [-0.3, -0.25) is 29.0 Å². The van der Waals surface area contributed by atoms with Crippen molar-refractivity contribution in [3.05, 3.63) is 101 Å². The number of ketones is 3. The zero-order chi connectivity index (χ0) is 39.8. The van der Waals surface area contributed by atoms with E-state index in [-0.39, 0.29) is 74.6 Å². The van der Waals surface area contributed by atoms with Crippen LogP contribution in [0, 0.1) is 28.6 Å². The Kier molecular flexibility index (Phi) is 11.0. The van der Waals surface area contributed by atoms with E-state index in [0.717, 1.165) is 40.3 Å². The Balaban J connectivity index is 0.865. The fourth-order valence-corrected chi connectivity index (χ4v) is 10.4. The maximum atomic E-state index is 13.6. The molecule has 2 aromatic carbocycles. The largest absolute Gasteiger partial charge is 0.461 e. The number of aliphatic hydroxyl groups is 2. The van der Waals surface area contributed by atoms with Crippen LogP contribution < -0.4 is 5.73 Å². The van der Waals surface area contributed by atoms with E-state index in [1.54, 1.807) is 48.8 Å². The number of nitrogens with zero attached hydrogens (tertiary/aromatic N) is 1. The SMILES string of the molecule is C[C@]12C=CC(=O)C=C1CC[C@@H]1[C@@H]2[C@@H](O)C[C@@]2(C)[C@H]1CC[C@]2(O)C(=O)COC(=O)CCC(=O)OCc1ccc(C(CN)C(=O)Cc2ccc3cnccc3c2)cc1. The Bertz CT molecular complexity index is 2110. The van der Waals surface area contributed by atoms with Crippen LogP contribution in [0.25, 0.3) is 10.8 Å². The lowest BCUT2D eigenvalue weighted by molar-refractivity contribution is -0.181. The molecular weight excluding hydrogens is 712 g/mol. The third-order valence-electron chi connectivity index (χ3n) is 13.5. The minimum atomic E-state index is -1.78. The summed E-state index contributed by atoms with van der Waals surface area (Å²) < 4.78 is 10.6. The van der Waals surface area contributed by atoms with E-state index < -0.39 is 52.8 Å². The van der Waals surface area contributed by atoms with E-state index >= 15 is 0 Å². The van der Waals surface area contributed by atoms with E-state index in [1.165, 1.54) is 0 Å². The molecule has 4 N–H and O–H groups in total. The van der Waals surface area contributed by atoms with Crippen molar-refractivity contribution in [2.24, 2.45) is 34.3 Å². The number of rotatable bonds is 13. The molecule has 11 nitrogen and oxygen atoms in total. The van der Waals surface area contributed by atoms with Gasteiger partial charge in [0.05, 0.1) is 24.9 Å². The standard InChI is InChI=1S/C45H50N2O9/c1-43-16-13-33(48)21-32(43)9-10-34-36-14-17-45(54,44(36,2)22-38(50)42(34)43)39(51)26-56-41(53)12-11-40(52)55-25-27-3-6-29(7-4-27)35(23-46)37(49)20-28-5-8-31-24-47-18-15-30(31)19-28/h3-8,13,15-16,18-19,21,24,34-36,38,42,50,54H,9-12,14,17,20,22-23,25-26,46H2,1-2H3/t34-,35?,36-,38-,42+,43-,44-,45-/m0/s1. The van der Waals surface area contributed by atoms with Crippen LogP contribution in [0.1, 0.15) is 81.4 Å². The number of pyridine rings is 1. The number of ether oxygens (including phenoxy) is 2. The summed E-state index contributed by atoms with van der Waals surface area (Å²) in [6.07, 6.45) is 10.1. The van der Waals surface area contributed by atoms with E-state index in [9.17, 15) is 34.2 Å². The molecule has 8 atom stereocenters. The van der Waals surface area contributed by atoms with Crippen molar-refractivity contribution < 1.29 is 43.7 Å². The number of carbonyl (C=O) groups excluding carboxylic acids is 5. The second-order valence-corrected chi connectivity index (χ2v) is 16.6. The van der Waals surface area contributed by atoms with Gasteiger partial charge < -0.3 is 25.4 Å². The first kappa shape index (κ1) is 39.4. The van der Waals surface area contributed by atoms with Crippen LogP contribution in [0.3, 0.4) is 0 Å². The Hall–Kier alpha value is -4.84. The highest BCUT2D eigenvalue weighted by atomic mass is 16.5. The van der Waals surface area contributed by atoms with Crippen molar-refractivity contribution in [3.8, 4) is 0 Å². The molecule has 3 saturated carbocycles. The topological polar surface area (TPSA) is 183 Å². The first-order chi connectivity index (χ1) is 26.8. The molecule has 0 aliphatic heterocycles. The second kappa shape index (κ2) is 15.6. The van der Waals surface area contributed by atoms with Gasteiger partial charge in [0, 0.05) is 47.5 Å². The molecule has 0 radical (unpaired) electrons. The van der Waals surface area contributed by atoms with Crippen LogP contribution >= 0.6 is 0 Å². The highest BCUT2D eigenvalue weighted by molar-refractivity contribution is 6.01. The summed E-state index contributed by atoms with van der Waals surface area (Å²) >= 11 is 0. The minimum absolute atomic E-state index is 0.00184. The van der Waals surface area contributed by atoms with Gasteiger partial charge in [0.2, 0.25) is 5.78 Å². The van der Waals surface area contributed by atoms with Crippen LogP contribution in [-0.4, -0.2) is 69.3 Å². The molecule has 0 amide bonds. The van der Waals surface area contributed by atoms with Gasteiger partial charge in [0.25, 0.3) is 0 Å². The number of allylic oxidation sites excluding steroid dienone is 4. The fourth-order valence-electron chi connectivity index (χ4n) is 10.4. The molecule has 56 heavy (non-hydrogen) atoms. The zero-order valence-corrected chi connectivity index (χ0v) is 31.9. The van der Waals surface area contributed by atoms with Crippen molar-refractivity contribution in [1.29, 1.82) is 0 Å². The van der Waals surface area contributed by atoms with Crippen molar-refractivity contribution in [2.45, 2.75) is 89.4 Å². The number of Topliss-reactive ketones (excluding diaryl/α,β-unsaturated/α-hetero) is 2. The fraction of sp³-hybridized carbons (Fsp3) is 0.467. The summed E-state index contributed by atoms with van der Waals surface area (Å²) in [6, 6.07) is 14.9. The van der Waals surface area contributed by atoms with E-state index in [4.69, 9.17) is 15.2 Å². The van der Waals surface area contributed by atoms with Gasteiger partial charge in [-0.05, 0) is 84.2 Å². The van der Waals surface area contributed by atoms with Crippen molar-refractivity contribution >= 4 is 40.1 Å². The van der Waals surface area contributed by atoms with E-state index in [2.05, 4.69) is 11.9 Å². The first-order valence-electron chi connectivity index (χ1n) is 19.6. The summed E-state index contributed by atoms with van der Waals surface area (Å²) in [5, 5.41) is 25.5. The lowest BCUT2D eigenvalue weighted by Gasteiger charge is -2.59. The highest BCUT2D eigenvalue weighted by Gasteiger charge is 2.68. The third-order valence-corrected chi connectivity index (χ3v) is 13.5. The van der Waals surface area contributed by atoms with Crippen molar-refractivity contribution in [1.82, 2.24) is 4.98 Å². The maximum absolute atomic E-state index is 13.6. The average Bonchev–Trinajstić information content (AvgIpc) is 3.46. The smallest absolute Gasteiger partial charge is 0.306 e. The second-order valence-electron chi connectivity index (χ2n) is 16.6. The van der Waals surface area contributed by atoms with Crippen molar-refractivity contribution in [2.75, 3.05) is 13.2 Å². The summed E-state index contributed by atoms with van der Waals surface area (Å²) in [4.78, 5) is 68.2. The lowest BCUT2D eigenvalue weighted by atomic mass is 9.46. The lowest BCUT2D eigenvalue weighted by Crippen LogP contribution is -2.61. The van der Waals surface area contributed by atoms with Gasteiger partial charge in [0.1, 0.15) is 18.0 Å². The Morgan fingerprint density at radius 2 is 1.70 bits per heavy atom. The minimum Gasteiger partial charge on any atom is -0.461 e. The quantitative estimate of drug-likeness (QED) is 0.199. The number of esters is 2. The van der Waals surface area contributed by atoms with Gasteiger partial charge in [-0.2, -0.15) is 0 Å². The number of carbonyl (C=O) groups is 5. The van der Waals surface area contributed by atoms with Gasteiger partial charge in [-0.25, -0.2) is 0 Å². The molecule has 294 valence electrons. The summed E-state index contributed by atoms with van der Waals surface area (Å²) in [5.41, 5.74) is 6.25. The van der Waals surface area contributed by atoms with Crippen LogP contribution in [0.4, 0.5) is 0 Å². The molecule has 0 saturated heterocycles. The number of nitrogens with two attached hydrogens (primary N) is 1. The Morgan fingerprint density at radius 3 is 2.45 bits per heavy atom. The normalized spacial score (nSPS) is 29.7. The van der Waals surface area contributed by atoms with Crippen molar-refractivity contribution in [3.63, 3.8) is 0 Å². The number of aromatic nitrogens is 1. The zero-order valence-electron chi connectivity index (χ0n) is 31.9. The highest BCUT2D eigenvalue weighted by Crippen LogP contribution is 2.67. The number of hydrogen-bond acceptors (Lipinski definition) is 11. The molecule has 4 aliphatic carbocycles. The molecule has 3 aromatic rings. The van der Waals surface area contributed by atoms with Gasteiger partial charge in [-0.1, -0.05) is 68.0 Å². The molecule has 0 spiro atoms. The average molecular weight is 763 g/mol. The number of hydrogen-bond donors (Lipinski definition) is 3. The maximum Gasteiger partial charge on any atom is 0.306 e.